The molecule has 130 valence electrons. The fraction of sp³-hybridized carbons (Fsp3) is 0.353. The summed E-state index contributed by atoms with van der Waals surface area (Å²) in [5, 5.41) is 3.21. The highest BCUT2D eigenvalue weighted by atomic mass is 35.5. The van der Waals surface area contributed by atoms with Crippen molar-refractivity contribution in [1.29, 1.82) is 0 Å². The highest BCUT2D eigenvalue weighted by molar-refractivity contribution is 6.62. The lowest BCUT2D eigenvalue weighted by Crippen LogP contribution is -2.41. The molecular weight excluding hydrogens is 340 g/mol. The third kappa shape index (κ3) is 3.68. The van der Waals surface area contributed by atoms with Crippen LogP contribution in [0.4, 0.5) is 5.69 Å². The molecule has 0 atom stereocenters. The molecule has 0 saturated carbocycles. The fourth-order valence-corrected chi connectivity index (χ4v) is 2.65. The molecule has 8 heteroatoms. The number of hydrogen-bond acceptors (Lipinski definition) is 5. The Morgan fingerprint density at radius 1 is 1.08 bits per heavy atom. The number of benzene rings is 1. The van der Waals surface area contributed by atoms with Crippen LogP contribution in [-0.4, -0.2) is 34.2 Å². The van der Waals surface area contributed by atoms with Crippen molar-refractivity contribution < 1.29 is 14.1 Å². The minimum atomic E-state index is -0.563. The SMILES string of the molecule is CC1(C)OB(c2cc(Cl)cc(NC(=O)c3ncccn3)c2)OC1(C)C. The minimum Gasteiger partial charge on any atom is -0.399 e. The van der Waals surface area contributed by atoms with Crippen molar-refractivity contribution in [1.82, 2.24) is 9.97 Å². The summed E-state index contributed by atoms with van der Waals surface area (Å²) >= 11 is 6.21. The first-order valence-corrected chi connectivity index (χ1v) is 8.30. The molecule has 0 unspecified atom stereocenters. The van der Waals surface area contributed by atoms with Crippen LogP contribution in [0.1, 0.15) is 38.3 Å². The monoisotopic (exact) mass is 359 g/mol. The Labute approximate surface area is 152 Å². The number of rotatable bonds is 3. The van der Waals surface area contributed by atoms with Gasteiger partial charge in [0.05, 0.1) is 11.2 Å². The number of amides is 1. The standard InChI is InChI=1S/C17H19BClN3O3/c1-16(2)17(3,4)25-18(24-16)11-8-12(19)10-13(9-11)22-15(23)14-20-6-5-7-21-14/h5-10H,1-4H3,(H,22,23). The maximum atomic E-state index is 12.2. The third-order valence-corrected chi connectivity index (χ3v) is 4.69. The van der Waals surface area contributed by atoms with Gasteiger partial charge in [-0.25, -0.2) is 9.97 Å². The van der Waals surface area contributed by atoms with Gasteiger partial charge in [0, 0.05) is 23.1 Å². The van der Waals surface area contributed by atoms with Crippen molar-refractivity contribution in [2.24, 2.45) is 0 Å². The van der Waals surface area contributed by atoms with Gasteiger partial charge < -0.3 is 14.6 Å². The molecule has 2 aromatic rings. The van der Waals surface area contributed by atoms with E-state index in [0.717, 1.165) is 5.46 Å². The highest BCUT2D eigenvalue weighted by Crippen LogP contribution is 2.36. The van der Waals surface area contributed by atoms with E-state index in [1.165, 1.54) is 12.4 Å². The quantitative estimate of drug-likeness (QED) is 0.853. The molecule has 1 aromatic carbocycles. The molecule has 0 spiro atoms. The zero-order valence-electron chi connectivity index (χ0n) is 14.5. The second kappa shape index (κ2) is 6.40. The predicted octanol–water partition coefficient (Wildman–Crippen LogP) is 2.68. The van der Waals surface area contributed by atoms with Crippen molar-refractivity contribution in [3.8, 4) is 0 Å². The molecule has 2 heterocycles. The number of carbonyl (C=O) groups excluding carboxylic acids is 1. The number of hydrogen-bond donors (Lipinski definition) is 1. The van der Waals surface area contributed by atoms with Crippen LogP contribution in [0.15, 0.2) is 36.7 Å². The zero-order chi connectivity index (χ0) is 18.2. The zero-order valence-corrected chi connectivity index (χ0v) is 15.3. The topological polar surface area (TPSA) is 73.3 Å². The molecule has 1 fully saturated rings. The Kier molecular flexibility index (Phi) is 4.57. The van der Waals surface area contributed by atoms with Crippen LogP contribution >= 0.6 is 11.6 Å². The van der Waals surface area contributed by atoms with Gasteiger partial charge in [-0.05, 0) is 57.4 Å². The molecule has 1 saturated heterocycles. The Morgan fingerprint density at radius 3 is 2.28 bits per heavy atom. The second-order valence-electron chi connectivity index (χ2n) is 6.89. The normalized spacial score (nSPS) is 18.2. The molecule has 6 nitrogen and oxygen atoms in total. The lowest BCUT2D eigenvalue weighted by atomic mass is 9.79. The Bertz CT molecular complexity index is 783. The average molecular weight is 360 g/mol. The molecule has 1 amide bonds. The summed E-state index contributed by atoms with van der Waals surface area (Å²) in [6.45, 7) is 7.92. The van der Waals surface area contributed by atoms with E-state index >= 15 is 0 Å². The Balaban J connectivity index is 1.83. The Hall–Kier alpha value is -1.96. The third-order valence-electron chi connectivity index (χ3n) is 4.47. The van der Waals surface area contributed by atoms with E-state index in [1.54, 1.807) is 24.3 Å². The molecule has 1 aromatic heterocycles. The van der Waals surface area contributed by atoms with Crippen LogP contribution in [0.5, 0.6) is 0 Å². The first kappa shape index (κ1) is 17.9. The van der Waals surface area contributed by atoms with Crippen molar-refractivity contribution in [2.75, 3.05) is 5.32 Å². The van der Waals surface area contributed by atoms with Crippen LogP contribution < -0.4 is 10.8 Å². The van der Waals surface area contributed by atoms with Gasteiger partial charge in [-0.3, -0.25) is 4.79 Å². The van der Waals surface area contributed by atoms with Crippen molar-refractivity contribution in [3.05, 3.63) is 47.5 Å². The summed E-state index contributed by atoms with van der Waals surface area (Å²) in [7, 11) is -0.563. The van der Waals surface area contributed by atoms with Gasteiger partial charge in [0.15, 0.2) is 0 Å². The van der Waals surface area contributed by atoms with Crippen LogP contribution in [-0.2, 0) is 9.31 Å². The fourth-order valence-electron chi connectivity index (χ4n) is 2.40. The lowest BCUT2D eigenvalue weighted by Gasteiger charge is -2.32. The largest absolute Gasteiger partial charge is 0.494 e. The average Bonchev–Trinajstić information content (AvgIpc) is 2.76. The second-order valence-corrected chi connectivity index (χ2v) is 7.32. The van der Waals surface area contributed by atoms with Gasteiger partial charge in [0.25, 0.3) is 5.91 Å². The van der Waals surface area contributed by atoms with Gasteiger partial charge in [0.1, 0.15) is 0 Å². The smallest absolute Gasteiger partial charge is 0.399 e. The summed E-state index contributed by atoms with van der Waals surface area (Å²) in [4.78, 5) is 20.1. The predicted molar refractivity (Wildman–Crippen MR) is 97.2 cm³/mol. The van der Waals surface area contributed by atoms with E-state index in [-0.39, 0.29) is 5.82 Å². The van der Waals surface area contributed by atoms with Crippen molar-refractivity contribution in [2.45, 2.75) is 38.9 Å². The van der Waals surface area contributed by atoms with Crippen LogP contribution in [0.3, 0.4) is 0 Å². The molecule has 0 radical (unpaired) electrons. The Morgan fingerprint density at radius 2 is 1.68 bits per heavy atom. The van der Waals surface area contributed by atoms with E-state index in [9.17, 15) is 4.79 Å². The van der Waals surface area contributed by atoms with Crippen LogP contribution in [0.25, 0.3) is 0 Å². The summed E-state index contributed by atoms with van der Waals surface area (Å²) in [5.41, 5.74) is 0.341. The molecule has 1 aliphatic rings. The first-order valence-electron chi connectivity index (χ1n) is 7.92. The summed E-state index contributed by atoms with van der Waals surface area (Å²) < 4.78 is 12.1. The van der Waals surface area contributed by atoms with Gasteiger partial charge in [-0.1, -0.05) is 11.6 Å². The van der Waals surface area contributed by atoms with Gasteiger partial charge in [0.2, 0.25) is 5.82 Å². The van der Waals surface area contributed by atoms with Crippen LogP contribution in [0, 0.1) is 0 Å². The summed E-state index contributed by atoms with van der Waals surface area (Å²) in [6, 6.07) is 6.83. The number of nitrogens with zero attached hydrogens (tertiary/aromatic N) is 2. The molecule has 0 aliphatic carbocycles. The molecule has 1 N–H and O–H groups in total. The van der Waals surface area contributed by atoms with E-state index in [0.29, 0.717) is 10.7 Å². The summed E-state index contributed by atoms with van der Waals surface area (Å²) in [6.07, 6.45) is 3.02. The summed E-state index contributed by atoms with van der Waals surface area (Å²) in [5.74, 6) is -0.331. The van der Waals surface area contributed by atoms with E-state index in [1.807, 2.05) is 27.7 Å². The van der Waals surface area contributed by atoms with Gasteiger partial charge in [-0.15, -0.1) is 0 Å². The molecule has 0 bridgehead atoms. The number of anilines is 1. The number of nitrogens with one attached hydrogen (secondary N) is 1. The van der Waals surface area contributed by atoms with E-state index in [2.05, 4.69) is 15.3 Å². The van der Waals surface area contributed by atoms with Crippen molar-refractivity contribution in [3.63, 3.8) is 0 Å². The molecular formula is C17H19BClN3O3. The molecule has 1 aliphatic heterocycles. The van der Waals surface area contributed by atoms with Crippen LogP contribution in [0.2, 0.25) is 5.02 Å². The number of carbonyl (C=O) groups is 1. The van der Waals surface area contributed by atoms with Gasteiger partial charge >= 0.3 is 7.12 Å². The number of aromatic nitrogens is 2. The van der Waals surface area contributed by atoms with Gasteiger partial charge in [-0.2, -0.15) is 0 Å². The first-order chi connectivity index (χ1) is 11.7. The van der Waals surface area contributed by atoms with E-state index < -0.39 is 24.2 Å². The molecule has 3 rings (SSSR count). The lowest BCUT2D eigenvalue weighted by molar-refractivity contribution is 0.00578. The highest BCUT2D eigenvalue weighted by Gasteiger charge is 2.51. The number of halogens is 1. The maximum Gasteiger partial charge on any atom is 0.494 e. The van der Waals surface area contributed by atoms with Crippen molar-refractivity contribution >= 4 is 35.8 Å². The maximum absolute atomic E-state index is 12.2. The minimum absolute atomic E-state index is 0.0830. The molecule has 25 heavy (non-hydrogen) atoms. The van der Waals surface area contributed by atoms with E-state index in [4.69, 9.17) is 20.9 Å².